The third kappa shape index (κ3) is 4.16. The molecule has 0 fully saturated rings. The Bertz CT molecular complexity index is 1510. The Morgan fingerprint density at radius 3 is 2.57 bits per heavy atom. The molecule has 5 rings (SSSR count). The van der Waals surface area contributed by atoms with E-state index in [0.29, 0.717) is 41.3 Å². The molecule has 2 N–H and O–H groups in total. The Hall–Kier alpha value is -4.71. The number of hydrogen-bond donors (Lipinski definition) is 2. The number of nitrogens with zero attached hydrogens (tertiary/aromatic N) is 8. The fourth-order valence-electron chi connectivity index (χ4n) is 4.20. The summed E-state index contributed by atoms with van der Waals surface area (Å²) in [4.78, 5) is 34.8. The number of carbonyl (C=O) groups is 1. The Morgan fingerprint density at radius 2 is 1.92 bits per heavy atom. The molecule has 1 aromatic carbocycles. The van der Waals surface area contributed by atoms with E-state index in [4.69, 9.17) is 9.72 Å². The highest BCUT2D eigenvalue weighted by Gasteiger charge is 2.40. The molecule has 0 spiro atoms. The molecule has 1 atom stereocenters. The van der Waals surface area contributed by atoms with E-state index in [9.17, 15) is 9.90 Å². The molecule has 12 nitrogen and oxygen atoms in total. The number of rotatable bonds is 8. The fourth-order valence-corrected chi connectivity index (χ4v) is 4.20. The van der Waals surface area contributed by atoms with Gasteiger partial charge in [0.05, 0.1) is 18.3 Å². The average Bonchev–Trinajstić information content (AvgIpc) is 3.56. The lowest BCUT2D eigenvalue weighted by molar-refractivity contribution is 0.102. The molecule has 1 amide bonds. The van der Waals surface area contributed by atoms with Crippen molar-refractivity contribution in [3.05, 3.63) is 84.0 Å². The smallest absolute Gasteiger partial charge is 0.263 e. The molecule has 37 heavy (non-hydrogen) atoms. The molecule has 4 heterocycles. The van der Waals surface area contributed by atoms with Gasteiger partial charge in [-0.25, -0.2) is 19.9 Å². The lowest BCUT2D eigenvalue weighted by Gasteiger charge is -2.28. The Morgan fingerprint density at radius 1 is 1.11 bits per heavy atom. The summed E-state index contributed by atoms with van der Waals surface area (Å²) in [6.45, 7) is 4.89. The molecule has 0 aliphatic heterocycles. The van der Waals surface area contributed by atoms with Crippen molar-refractivity contribution in [2.45, 2.75) is 32.5 Å². The quantitative estimate of drug-likeness (QED) is 0.328. The Kier molecular flexibility index (Phi) is 6.32. The van der Waals surface area contributed by atoms with E-state index in [1.807, 2.05) is 32.0 Å². The largest absolute Gasteiger partial charge is 0.480 e. The minimum Gasteiger partial charge on any atom is -0.480 e. The van der Waals surface area contributed by atoms with Crippen molar-refractivity contribution in [2.75, 3.05) is 12.4 Å². The molecule has 0 saturated carbocycles. The van der Waals surface area contributed by atoms with Crippen molar-refractivity contribution >= 4 is 23.0 Å². The number of aliphatic hydroxyl groups is 1. The topological polar surface area (TPSA) is 146 Å². The number of pyridine rings is 1. The van der Waals surface area contributed by atoms with Crippen molar-refractivity contribution in [3.8, 4) is 5.88 Å². The lowest BCUT2D eigenvalue weighted by atomic mass is 9.89. The van der Waals surface area contributed by atoms with Crippen LogP contribution < -0.4 is 10.1 Å². The van der Waals surface area contributed by atoms with Gasteiger partial charge in [-0.05, 0) is 31.5 Å². The van der Waals surface area contributed by atoms with Crippen LogP contribution in [-0.4, -0.2) is 57.4 Å². The van der Waals surface area contributed by atoms with E-state index in [-0.39, 0.29) is 17.4 Å². The highest BCUT2D eigenvalue weighted by atomic mass is 16.5. The normalized spacial score (nSPS) is 12.9. The van der Waals surface area contributed by atoms with Crippen molar-refractivity contribution in [1.82, 2.24) is 39.3 Å². The molecule has 1 unspecified atom stereocenters. The second kappa shape index (κ2) is 9.74. The summed E-state index contributed by atoms with van der Waals surface area (Å²) in [5.74, 6) is 0.0587. The van der Waals surface area contributed by atoms with E-state index in [0.717, 1.165) is 0 Å². The van der Waals surface area contributed by atoms with Crippen LogP contribution >= 0.6 is 0 Å². The molecule has 0 saturated heterocycles. The van der Waals surface area contributed by atoms with Gasteiger partial charge in [0.15, 0.2) is 17.1 Å². The van der Waals surface area contributed by atoms with Gasteiger partial charge in [0.1, 0.15) is 18.2 Å². The van der Waals surface area contributed by atoms with Crippen LogP contribution in [0.25, 0.3) is 11.2 Å². The van der Waals surface area contributed by atoms with Crippen LogP contribution in [0.1, 0.15) is 41.3 Å². The lowest BCUT2D eigenvalue weighted by Crippen LogP contribution is -2.33. The van der Waals surface area contributed by atoms with Crippen molar-refractivity contribution in [2.24, 2.45) is 0 Å². The number of carbonyl (C=O) groups excluding carboxylic acids is 1. The Balaban J connectivity index is 1.68. The summed E-state index contributed by atoms with van der Waals surface area (Å²) < 4.78 is 8.83. The first-order valence-electron chi connectivity index (χ1n) is 11.7. The molecule has 0 radical (unpaired) electrons. The molecule has 12 heteroatoms. The summed E-state index contributed by atoms with van der Waals surface area (Å²) in [7, 11) is 1.42. The number of nitrogens with one attached hydrogen (secondary N) is 1. The highest BCUT2D eigenvalue weighted by Crippen LogP contribution is 2.37. The minimum atomic E-state index is -1.71. The van der Waals surface area contributed by atoms with Crippen LogP contribution in [0.15, 0.2) is 61.3 Å². The van der Waals surface area contributed by atoms with Gasteiger partial charge in [-0.1, -0.05) is 30.3 Å². The molecule has 0 bridgehead atoms. The predicted octanol–water partition coefficient (Wildman–Crippen LogP) is 2.40. The number of aromatic nitrogens is 8. The monoisotopic (exact) mass is 499 g/mol. The van der Waals surface area contributed by atoms with Crippen LogP contribution in [0.2, 0.25) is 0 Å². The number of methoxy groups -OCH3 is 1. The van der Waals surface area contributed by atoms with E-state index in [1.165, 1.54) is 19.8 Å². The molecule has 0 aliphatic carbocycles. The van der Waals surface area contributed by atoms with Crippen LogP contribution in [0.5, 0.6) is 5.88 Å². The zero-order valence-corrected chi connectivity index (χ0v) is 20.5. The molecular weight excluding hydrogens is 474 g/mol. The highest BCUT2D eigenvalue weighted by molar-refractivity contribution is 6.06. The summed E-state index contributed by atoms with van der Waals surface area (Å²) in [5.41, 5.74) is 0.227. The summed E-state index contributed by atoms with van der Waals surface area (Å²) in [6.07, 6.45) is 4.47. The summed E-state index contributed by atoms with van der Waals surface area (Å²) >= 11 is 0. The first-order valence-corrected chi connectivity index (χ1v) is 11.7. The van der Waals surface area contributed by atoms with Gasteiger partial charge in [0.2, 0.25) is 11.8 Å². The van der Waals surface area contributed by atoms with E-state index < -0.39 is 11.5 Å². The first kappa shape index (κ1) is 24.0. The van der Waals surface area contributed by atoms with Crippen LogP contribution in [-0.2, 0) is 18.7 Å². The maximum Gasteiger partial charge on any atom is 0.263 e. The van der Waals surface area contributed by atoms with Gasteiger partial charge >= 0.3 is 0 Å². The van der Waals surface area contributed by atoms with Crippen molar-refractivity contribution in [1.29, 1.82) is 0 Å². The van der Waals surface area contributed by atoms with Gasteiger partial charge in [-0.2, -0.15) is 4.98 Å². The van der Waals surface area contributed by atoms with E-state index >= 15 is 0 Å². The maximum atomic E-state index is 13.2. The maximum absolute atomic E-state index is 13.2. The van der Waals surface area contributed by atoms with Crippen LogP contribution in [0.3, 0.4) is 0 Å². The van der Waals surface area contributed by atoms with E-state index in [1.54, 1.807) is 39.7 Å². The van der Waals surface area contributed by atoms with Gasteiger partial charge in [-0.3, -0.25) is 14.8 Å². The summed E-state index contributed by atoms with van der Waals surface area (Å²) in [6, 6.07) is 12.4. The SMILES string of the molecule is CCn1cnc(NC(=O)c2cc3c(nc2OC)nc(C(O)(c2ccccc2)c2ccncn2)n3CC)n1. The predicted molar refractivity (Wildman–Crippen MR) is 134 cm³/mol. The average molecular weight is 500 g/mol. The second-order valence-corrected chi connectivity index (χ2v) is 8.12. The number of hydrogen-bond acceptors (Lipinski definition) is 9. The Labute approximate surface area is 212 Å². The number of imidazole rings is 1. The second-order valence-electron chi connectivity index (χ2n) is 8.12. The van der Waals surface area contributed by atoms with Crippen LogP contribution in [0, 0.1) is 0 Å². The van der Waals surface area contributed by atoms with Crippen molar-refractivity contribution in [3.63, 3.8) is 0 Å². The van der Waals surface area contributed by atoms with Gasteiger partial charge in [0, 0.05) is 19.3 Å². The standard InChI is InChI=1S/C25H25N9O3/c1-4-33-15-28-24(32-33)31-21(35)17-13-18-20(29-22(17)37-3)30-23(34(18)5-2)25(36,16-9-7-6-8-10-16)19-11-12-26-14-27-19/h6-15,36H,4-5H2,1-3H3,(H,31,32,35). The third-order valence-electron chi connectivity index (χ3n) is 6.01. The third-order valence-corrected chi connectivity index (χ3v) is 6.01. The molecule has 188 valence electrons. The van der Waals surface area contributed by atoms with E-state index in [2.05, 4.69) is 30.4 Å². The first-order chi connectivity index (χ1) is 18.0. The van der Waals surface area contributed by atoms with Crippen LogP contribution in [0.4, 0.5) is 5.95 Å². The number of aryl methyl sites for hydroxylation is 2. The zero-order valence-electron chi connectivity index (χ0n) is 20.5. The summed E-state index contributed by atoms with van der Waals surface area (Å²) in [5, 5.41) is 19.1. The van der Waals surface area contributed by atoms with Gasteiger partial charge < -0.3 is 14.4 Å². The molecule has 5 aromatic rings. The molecular formula is C25H25N9O3. The number of anilines is 1. The number of ether oxygens (including phenoxy) is 1. The zero-order chi connectivity index (χ0) is 26.0. The number of fused-ring (bicyclic) bond motifs is 1. The molecule has 0 aliphatic rings. The fraction of sp³-hybridized carbons (Fsp3) is 0.240. The minimum absolute atomic E-state index is 0.0810. The number of amides is 1. The van der Waals surface area contributed by atoms with Gasteiger partial charge in [-0.15, -0.1) is 5.10 Å². The number of benzene rings is 1. The van der Waals surface area contributed by atoms with Gasteiger partial charge in [0.25, 0.3) is 5.91 Å². The van der Waals surface area contributed by atoms with Crippen molar-refractivity contribution < 1.29 is 14.6 Å². The molecule has 4 aromatic heterocycles.